The van der Waals surface area contributed by atoms with E-state index in [1.54, 1.807) is 43.4 Å². The highest BCUT2D eigenvalue weighted by Crippen LogP contribution is 2.35. The van der Waals surface area contributed by atoms with Gasteiger partial charge in [-0.3, -0.25) is 15.1 Å². The van der Waals surface area contributed by atoms with Crippen LogP contribution in [0.3, 0.4) is 0 Å². The van der Waals surface area contributed by atoms with Crippen molar-refractivity contribution in [2.75, 3.05) is 31.7 Å². The first-order valence-electron chi connectivity index (χ1n) is 12.7. The molecule has 3 heterocycles. The van der Waals surface area contributed by atoms with E-state index < -0.39 is 18.7 Å². The van der Waals surface area contributed by atoms with Crippen LogP contribution in [0.4, 0.5) is 10.7 Å². The van der Waals surface area contributed by atoms with Crippen molar-refractivity contribution in [3.05, 3.63) is 46.6 Å². The third-order valence-electron chi connectivity index (χ3n) is 6.30. The number of imidazole rings is 1. The Labute approximate surface area is 228 Å². The highest BCUT2D eigenvalue weighted by atomic mass is 35.5. The van der Waals surface area contributed by atoms with Gasteiger partial charge in [-0.15, -0.1) is 0 Å². The summed E-state index contributed by atoms with van der Waals surface area (Å²) in [6, 6.07) is 8.48. The van der Waals surface area contributed by atoms with Gasteiger partial charge in [0.25, 0.3) is 5.91 Å². The van der Waals surface area contributed by atoms with Crippen LogP contribution in [-0.2, 0) is 9.30 Å². The number of nitrogens with zero attached hydrogens (tertiary/aromatic N) is 4. The lowest BCUT2D eigenvalue weighted by Gasteiger charge is -2.29. The largest absolute Gasteiger partial charge is 0.444 e. The molecular formula is C27H35ClN5O4P. The second-order valence-corrected chi connectivity index (χ2v) is 14.7. The average molecular weight is 560 g/mol. The molecule has 38 heavy (non-hydrogen) atoms. The van der Waals surface area contributed by atoms with E-state index in [4.69, 9.17) is 21.3 Å². The van der Waals surface area contributed by atoms with Gasteiger partial charge in [-0.1, -0.05) is 17.7 Å². The number of hydrogen-bond acceptors (Lipinski definition) is 6. The Bertz CT molecular complexity index is 1420. The number of rotatable bonds is 4. The molecule has 0 aliphatic carbocycles. The van der Waals surface area contributed by atoms with Crippen LogP contribution < -0.4 is 10.8 Å². The third kappa shape index (κ3) is 6.38. The summed E-state index contributed by atoms with van der Waals surface area (Å²) in [6.45, 7) is 11.5. The summed E-state index contributed by atoms with van der Waals surface area (Å²) in [5, 5.41) is 3.45. The van der Waals surface area contributed by atoms with Crippen LogP contribution in [0, 0.1) is 6.92 Å². The zero-order chi connectivity index (χ0) is 27.8. The molecule has 2 aromatic heterocycles. The Morgan fingerprint density at radius 2 is 1.89 bits per heavy atom. The lowest BCUT2D eigenvalue weighted by atomic mass is 10.1. The van der Waals surface area contributed by atoms with Crippen molar-refractivity contribution in [1.29, 1.82) is 0 Å². The summed E-state index contributed by atoms with van der Waals surface area (Å²) in [6.07, 6.45) is 2.13. The Balaban J connectivity index is 1.73. The number of hydrogen-bond donors (Lipinski definition) is 1. The van der Waals surface area contributed by atoms with Gasteiger partial charge in [-0.05, 0) is 84.6 Å². The number of fused-ring (bicyclic) bond motifs is 1. The average Bonchev–Trinajstić information content (AvgIpc) is 2.99. The van der Waals surface area contributed by atoms with E-state index in [0.29, 0.717) is 51.8 Å². The number of amides is 2. The van der Waals surface area contributed by atoms with Gasteiger partial charge in [0.2, 0.25) is 5.95 Å². The minimum absolute atomic E-state index is 0.188. The van der Waals surface area contributed by atoms with Gasteiger partial charge >= 0.3 is 6.09 Å². The van der Waals surface area contributed by atoms with E-state index in [9.17, 15) is 14.2 Å². The number of aryl methyl sites for hydroxylation is 1. The van der Waals surface area contributed by atoms with Crippen molar-refractivity contribution in [3.8, 4) is 0 Å². The van der Waals surface area contributed by atoms with Gasteiger partial charge in [0, 0.05) is 24.3 Å². The number of pyridine rings is 1. The molecule has 1 aliphatic heterocycles. The van der Waals surface area contributed by atoms with E-state index >= 15 is 0 Å². The zero-order valence-electron chi connectivity index (χ0n) is 22.7. The minimum atomic E-state index is -2.67. The van der Waals surface area contributed by atoms with Crippen molar-refractivity contribution in [1.82, 2.24) is 19.4 Å². The van der Waals surface area contributed by atoms with Crippen LogP contribution in [0.2, 0.25) is 5.02 Å². The van der Waals surface area contributed by atoms with Crippen LogP contribution >= 0.6 is 18.7 Å². The highest BCUT2D eigenvalue weighted by molar-refractivity contribution is 7.69. The number of nitrogens with one attached hydrogen (secondary N) is 1. The Morgan fingerprint density at radius 3 is 2.58 bits per heavy atom. The lowest BCUT2D eigenvalue weighted by Crippen LogP contribution is -2.39. The molecule has 1 atom stereocenters. The molecular weight excluding hydrogens is 525 g/mol. The van der Waals surface area contributed by atoms with Gasteiger partial charge in [0.1, 0.15) is 18.2 Å². The first kappa shape index (κ1) is 28.1. The second-order valence-electron chi connectivity index (χ2n) is 11.1. The number of anilines is 1. The summed E-state index contributed by atoms with van der Waals surface area (Å²) < 4.78 is 20.2. The van der Waals surface area contributed by atoms with Crippen molar-refractivity contribution in [2.24, 2.45) is 0 Å². The van der Waals surface area contributed by atoms with E-state index in [1.165, 1.54) is 0 Å². The van der Waals surface area contributed by atoms with Gasteiger partial charge < -0.3 is 18.8 Å². The first-order valence-corrected chi connectivity index (χ1v) is 15.7. The van der Waals surface area contributed by atoms with E-state index in [0.717, 1.165) is 19.3 Å². The molecule has 1 unspecified atom stereocenters. The van der Waals surface area contributed by atoms with E-state index in [2.05, 4.69) is 10.3 Å². The standard InChI is InChI=1S/C27H35ClN5O4P/c1-17-14-18(15-22(29-17)38(5,6)36)24(34)31-25-30-21-12-9-11-20(28)23(21)33(25)19-10-7-8-13-32(16-19)26(35)37-27(2,3)4/h9,11-12,14-15,19H,7-8,10,13,16H2,1-6H3,(H,30,31,34). The number of carbonyl (C=O) groups is 2. The Kier molecular flexibility index (Phi) is 7.91. The SMILES string of the molecule is Cc1cc(C(=O)Nc2nc3cccc(Cl)c3n2C2CCCCN(C(=O)OC(C)(C)C)C2)cc(P(C)(C)=O)n1. The maximum absolute atomic E-state index is 13.4. The number of benzene rings is 1. The van der Waals surface area contributed by atoms with E-state index in [1.807, 2.05) is 37.5 Å². The summed E-state index contributed by atoms with van der Waals surface area (Å²) in [5.41, 5.74) is 2.07. The monoisotopic (exact) mass is 559 g/mol. The quantitative estimate of drug-likeness (QED) is 0.402. The number of ether oxygens (including phenoxy) is 1. The molecule has 1 aliphatic rings. The first-order chi connectivity index (χ1) is 17.7. The molecule has 204 valence electrons. The molecule has 0 bridgehead atoms. The van der Waals surface area contributed by atoms with Crippen LogP contribution in [0.1, 0.15) is 62.1 Å². The van der Waals surface area contributed by atoms with Crippen molar-refractivity contribution >= 4 is 53.2 Å². The molecule has 0 radical (unpaired) electrons. The smallest absolute Gasteiger partial charge is 0.410 e. The topological polar surface area (TPSA) is 106 Å². The van der Waals surface area contributed by atoms with Crippen LogP contribution in [0.25, 0.3) is 11.0 Å². The third-order valence-corrected chi connectivity index (χ3v) is 7.94. The summed E-state index contributed by atoms with van der Waals surface area (Å²) in [5.74, 6) is -0.0585. The fourth-order valence-corrected chi connectivity index (χ4v) is 5.71. The van der Waals surface area contributed by atoms with Crippen molar-refractivity contribution < 1.29 is 18.9 Å². The van der Waals surface area contributed by atoms with Crippen LogP contribution in [-0.4, -0.2) is 63.5 Å². The molecule has 1 N–H and O–H groups in total. The normalized spacial score (nSPS) is 16.8. The molecule has 1 fully saturated rings. The molecule has 1 saturated heterocycles. The molecule has 3 aromatic rings. The van der Waals surface area contributed by atoms with E-state index in [-0.39, 0.29) is 12.1 Å². The van der Waals surface area contributed by atoms with Gasteiger partial charge in [0.15, 0.2) is 0 Å². The molecule has 0 spiro atoms. The fourth-order valence-electron chi connectivity index (χ4n) is 4.60. The van der Waals surface area contributed by atoms with Crippen molar-refractivity contribution in [3.63, 3.8) is 0 Å². The Morgan fingerprint density at radius 1 is 1.16 bits per heavy atom. The summed E-state index contributed by atoms with van der Waals surface area (Å²) in [7, 11) is -2.67. The van der Waals surface area contributed by atoms with Gasteiger partial charge in [0.05, 0.1) is 22.1 Å². The molecule has 11 heteroatoms. The fraction of sp³-hybridized carbons (Fsp3) is 0.481. The molecule has 0 saturated carbocycles. The lowest BCUT2D eigenvalue weighted by molar-refractivity contribution is 0.0238. The predicted molar refractivity (Wildman–Crippen MR) is 151 cm³/mol. The molecule has 4 rings (SSSR count). The van der Waals surface area contributed by atoms with Gasteiger partial charge in [-0.25, -0.2) is 9.78 Å². The maximum atomic E-state index is 13.4. The number of halogens is 1. The second kappa shape index (κ2) is 10.7. The number of carbonyl (C=O) groups excluding carboxylic acids is 2. The van der Waals surface area contributed by atoms with Crippen LogP contribution in [0.15, 0.2) is 30.3 Å². The summed E-state index contributed by atoms with van der Waals surface area (Å²) in [4.78, 5) is 37.2. The minimum Gasteiger partial charge on any atom is -0.444 e. The summed E-state index contributed by atoms with van der Waals surface area (Å²) >= 11 is 6.65. The maximum Gasteiger partial charge on any atom is 0.410 e. The zero-order valence-corrected chi connectivity index (χ0v) is 24.4. The predicted octanol–water partition coefficient (Wildman–Crippen LogP) is 5.86. The number of aromatic nitrogens is 3. The molecule has 1 aromatic carbocycles. The number of para-hydroxylation sites is 1. The number of likely N-dealkylation sites (tertiary alicyclic amines) is 1. The molecule has 9 nitrogen and oxygen atoms in total. The highest BCUT2D eigenvalue weighted by Gasteiger charge is 2.30. The Hall–Kier alpha value is -2.90. The molecule has 2 amide bonds. The van der Waals surface area contributed by atoms with Gasteiger partial charge in [-0.2, -0.15) is 0 Å². The van der Waals surface area contributed by atoms with Crippen molar-refractivity contribution in [2.45, 2.75) is 58.6 Å². The van der Waals surface area contributed by atoms with Crippen LogP contribution in [0.5, 0.6) is 0 Å².